The Morgan fingerprint density at radius 3 is 2.93 bits per heavy atom. The molecule has 0 saturated heterocycles. The fourth-order valence-corrected chi connectivity index (χ4v) is 1.97. The summed E-state index contributed by atoms with van der Waals surface area (Å²) >= 11 is 1.47. The van der Waals surface area contributed by atoms with Gasteiger partial charge in [0.1, 0.15) is 5.82 Å². The minimum atomic E-state index is -0.222. The molecule has 0 unspecified atom stereocenters. The topological polar surface area (TPSA) is 92.0 Å². The van der Waals surface area contributed by atoms with Crippen molar-refractivity contribution in [2.45, 2.75) is 24.4 Å². The summed E-state index contributed by atoms with van der Waals surface area (Å²) in [7, 11) is 0. The van der Waals surface area contributed by atoms with Gasteiger partial charge in [0, 0.05) is 18.4 Å². The summed E-state index contributed by atoms with van der Waals surface area (Å²) in [6.45, 7) is 0.234. The fraction of sp³-hybridized carbons (Fsp3) is 0.556. The lowest BCUT2D eigenvalue weighted by molar-refractivity contribution is 0.284. The molecule has 0 saturated carbocycles. The summed E-state index contributed by atoms with van der Waals surface area (Å²) in [6.07, 6.45) is 2.79. The third-order valence-electron chi connectivity index (χ3n) is 1.78. The molecule has 1 heterocycles. The summed E-state index contributed by atoms with van der Waals surface area (Å²) in [4.78, 5) is 17.6. The number of nitrogens with two attached hydrogens (primary N) is 1. The van der Waals surface area contributed by atoms with Crippen LogP contribution in [0.5, 0.6) is 0 Å². The number of nitrogen functional groups attached to an aromatic ring is 1. The smallest absolute Gasteiger partial charge is 0.253 e. The van der Waals surface area contributed by atoms with Gasteiger partial charge in [0.15, 0.2) is 5.16 Å². The van der Waals surface area contributed by atoms with Crippen LogP contribution < -0.4 is 11.3 Å². The van der Waals surface area contributed by atoms with Gasteiger partial charge in [-0.25, -0.2) is 4.98 Å². The molecule has 1 rings (SSSR count). The number of aliphatic hydroxyl groups excluding tert-OH is 1. The van der Waals surface area contributed by atoms with Crippen molar-refractivity contribution in [3.05, 3.63) is 16.4 Å². The molecule has 0 atom stereocenters. The summed E-state index contributed by atoms with van der Waals surface area (Å²) in [5, 5.41) is 9.13. The fourth-order valence-electron chi connectivity index (χ4n) is 1.08. The summed E-state index contributed by atoms with van der Waals surface area (Å²) in [5.41, 5.74) is 5.21. The van der Waals surface area contributed by atoms with Crippen LogP contribution in [-0.4, -0.2) is 27.4 Å². The molecule has 0 aliphatic heterocycles. The first kappa shape index (κ1) is 12.1. The Morgan fingerprint density at radius 2 is 2.27 bits per heavy atom. The van der Waals surface area contributed by atoms with E-state index in [2.05, 4.69) is 9.97 Å². The number of hydrogen-bond donors (Lipinski definition) is 3. The minimum absolute atomic E-state index is 0.222. The zero-order chi connectivity index (χ0) is 11.1. The van der Waals surface area contributed by atoms with Crippen molar-refractivity contribution in [3.8, 4) is 0 Å². The van der Waals surface area contributed by atoms with Crippen LogP contribution in [0.3, 0.4) is 0 Å². The number of unbranched alkanes of at least 4 members (excludes halogenated alkanes) is 2. The maximum absolute atomic E-state index is 11.0. The highest BCUT2D eigenvalue weighted by atomic mass is 32.2. The number of hydrogen-bond acceptors (Lipinski definition) is 5. The molecule has 0 bridgehead atoms. The largest absolute Gasteiger partial charge is 0.396 e. The van der Waals surface area contributed by atoms with Gasteiger partial charge in [-0.3, -0.25) is 4.79 Å². The van der Waals surface area contributed by atoms with Crippen molar-refractivity contribution in [2.75, 3.05) is 18.1 Å². The first-order chi connectivity index (χ1) is 7.22. The first-order valence-corrected chi connectivity index (χ1v) is 5.81. The van der Waals surface area contributed by atoms with E-state index < -0.39 is 0 Å². The van der Waals surface area contributed by atoms with Gasteiger partial charge >= 0.3 is 0 Å². The van der Waals surface area contributed by atoms with Gasteiger partial charge in [0.2, 0.25) is 0 Å². The van der Waals surface area contributed by atoms with E-state index in [1.165, 1.54) is 17.8 Å². The molecule has 0 aromatic carbocycles. The molecule has 6 heteroatoms. The van der Waals surface area contributed by atoms with Crippen molar-refractivity contribution in [1.82, 2.24) is 9.97 Å². The van der Waals surface area contributed by atoms with Crippen molar-refractivity contribution in [3.63, 3.8) is 0 Å². The van der Waals surface area contributed by atoms with E-state index >= 15 is 0 Å². The van der Waals surface area contributed by atoms with E-state index in [0.717, 1.165) is 25.0 Å². The summed E-state index contributed by atoms with van der Waals surface area (Å²) < 4.78 is 0. The summed E-state index contributed by atoms with van der Waals surface area (Å²) in [5.74, 6) is 1.11. The number of anilines is 1. The molecule has 15 heavy (non-hydrogen) atoms. The quantitative estimate of drug-likeness (QED) is 0.377. The van der Waals surface area contributed by atoms with Crippen LogP contribution in [0.25, 0.3) is 0 Å². The van der Waals surface area contributed by atoms with Gasteiger partial charge in [0.05, 0.1) is 0 Å². The monoisotopic (exact) mass is 229 g/mol. The Bertz CT molecular complexity index is 353. The van der Waals surface area contributed by atoms with Crippen LogP contribution in [0, 0.1) is 0 Å². The van der Waals surface area contributed by atoms with Crippen LogP contribution in [0.1, 0.15) is 19.3 Å². The van der Waals surface area contributed by atoms with E-state index in [4.69, 9.17) is 10.8 Å². The second-order valence-corrected chi connectivity index (χ2v) is 4.19. The number of H-pyrrole nitrogens is 1. The highest BCUT2D eigenvalue weighted by Gasteiger charge is 1.99. The molecule has 84 valence electrons. The van der Waals surface area contributed by atoms with Crippen molar-refractivity contribution >= 4 is 17.6 Å². The number of nitrogens with one attached hydrogen (secondary N) is 1. The highest BCUT2D eigenvalue weighted by molar-refractivity contribution is 7.99. The number of thioether (sulfide) groups is 1. The number of aromatic nitrogens is 2. The molecule has 4 N–H and O–H groups in total. The molecule has 0 radical (unpaired) electrons. The molecule has 0 aliphatic carbocycles. The average molecular weight is 229 g/mol. The highest BCUT2D eigenvalue weighted by Crippen LogP contribution is 2.14. The number of aliphatic hydroxyl groups is 1. The molecule has 0 fully saturated rings. The Labute approximate surface area is 92.1 Å². The van der Waals surface area contributed by atoms with Gasteiger partial charge in [-0.15, -0.1) is 0 Å². The van der Waals surface area contributed by atoms with Crippen LogP contribution in [0.2, 0.25) is 0 Å². The van der Waals surface area contributed by atoms with Gasteiger partial charge in [-0.2, -0.15) is 0 Å². The Hall–Kier alpha value is -1.01. The van der Waals surface area contributed by atoms with E-state index in [-0.39, 0.29) is 18.0 Å². The van der Waals surface area contributed by atoms with Crippen LogP contribution in [-0.2, 0) is 0 Å². The lowest BCUT2D eigenvalue weighted by atomic mass is 10.3. The van der Waals surface area contributed by atoms with E-state index in [1.807, 2.05) is 0 Å². The molecule has 0 amide bonds. The van der Waals surface area contributed by atoms with E-state index in [1.54, 1.807) is 0 Å². The molecule has 1 aromatic rings. The molecule has 0 spiro atoms. The Kier molecular flexibility index (Phi) is 5.20. The average Bonchev–Trinajstić information content (AvgIpc) is 2.16. The van der Waals surface area contributed by atoms with Gasteiger partial charge in [-0.05, 0) is 12.8 Å². The van der Waals surface area contributed by atoms with Crippen LogP contribution in [0.15, 0.2) is 16.0 Å². The predicted octanol–water partition coefficient (Wildman–Crippen LogP) is 0.607. The van der Waals surface area contributed by atoms with Gasteiger partial charge in [-0.1, -0.05) is 18.2 Å². The van der Waals surface area contributed by atoms with Crippen LogP contribution >= 0.6 is 11.8 Å². The molecular formula is C9H15N3O2S. The Balaban J connectivity index is 2.34. The minimum Gasteiger partial charge on any atom is -0.396 e. The predicted molar refractivity (Wildman–Crippen MR) is 60.9 cm³/mol. The standard InChI is InChI=1S/C9H15N3O2S/c10-7-6-8(14)12-9(11-7)15-5-3-1-2-4-13/h6,13H,1-5H2,(H3,10,11,12,14). The third-order valence-corrected chi connectivity index (χ3v) is 2.74. The Morgan fingerprint density at radius 1 is 1.47 bits per heavy atom. The molecule has 0 aliphatic rings. The maximum Gasteiger partial charge on any atom is 0.253 e. The second-order valence-electron chi connectivity index (χ2n) is 3.11. The number of nitrogens with zero attached hydrogens (tertiary/aromatic N) is 1. The van der Waals surface area contributed by atoms with Gasteiger partial charge < -0.3 is 15.8 Å². The van der Waals surface area contributed by atoms with Crippen molar-refractivity contribution < 1.29 is 5.11 Å². The number of rotatable bonds is 6. The third kappa shape index (κ3) is 4.85. The SMILES string of the molecule is Nc1cc(=O)[nH]c(SCCCCCO)n1. The maximum atomic E-state index is 11.0. The lowest BCUT2D eigenvalue weighted by Gasteiger charge is -2.00. The van der Waals surface area contributed by atoms with E-state index in [0.29, 0.717) is 5.16 Å². The molecule has 1 aromatic heterocycles. The zero-order valence-electron chi connectivity index (χ0n) is 8.40. The normalized spacial score (nSPS) is 10.5. The zero-order valence-corrected chi connectivity index (χ0v) is 9.22. The van der Waals surface area contributed by atoms with Gasteiger partial charge in [0.25, 0.3) is 5.56 Å². The van der Waals surface area contributed by atoms with Crippen molar-refractivity contribution in [2.24, 2.45) is 0 Å². The number of aromatic amines is 1. The molecule has 5 nitrogen and oxygen atoms in total. The van der Waals surface area contributed by atoms with Crippen LogP contribution in [0.4, 0.5) is 5.82 Å². The van der Waals surface area contributed by atoms with Crippen molar-refractivity contribution in [1.29, 1.82) is 0 Å². The summed E-state index contributed by atoms with van der Waals surface area (Å²) in [6, 6.07) is 1.26. The lowest BCUT2D eigenvalue weighted by Crippen LogP contribution is -2.09. The first-order valence-electron chi connectivity index (χ1n) is 4.83. The second kappa shape index (κ2) is 6.47. The molecular weight excluding hydrogens is 214 g/mol. The van der Waals surface area contributed by atoms with E-state index in [9.17, 15) is 4.79 Å².